The number of rotatable bonds is 4. The Morgan fingerprint density at radius 2 is 1.27 bits per heavy atom. The zero-order valence-corrected chi connectivity index (χ0v) is 18.6. The average molecular weight is 427 g/mol. The molecule has 1 heteroatoms. The zero-order chi connectivity index (χ0) is 22.2. The van der Waals surface area contributed by atoms with Crippen LogP contribution in [0.1, 0.15) is 34.6 Å². The van der Waals surface area contributed by atoms with Gasteiger partial charge in [0.2, 0.25) is 0 Å². The van der Waals surface area contributed by atoms with Crippen LogP contribution in [0.4, 0.5) is 0 Å². The second kappa shape index (κ2) is 8.33. The predicted octanol–water partition coefficient (Wildman–Crippen LogP) is 7.50. The zero-order valence-electron chi connectivity index (χ0n) is 18.6. The summed E-state index contributed by atoms with van der Waals surface area (Å²) >= 11 is 0. The van der Waals surface area contributed by atoms with Crippen LogP contribution in [0.3, 0.4) is 0 Å². The summed E-state index contributed by atoms with van der Waals surface area (Å²) in [6.45, 7) is 0. The Bertz CT molecular complexity index is 1410. The highest BCUT2D eigenvalue weighted by atomic mass is 16.1. The van der Waals surface area contributed by atoms with E-state index in [9.17, 15) is 4.79 Å². The highest BCUT2D eigenvalue weighted by Crippen LogP contribution is 2.38. The molecule has 0 saturated carbocycles. The summed E-state index contributed by atoms with van der Waals surface area (Å²) in [6, 6.07) is 38.1. The summed E-state index contributed by atoms with van der Waals surface area (Å²) in [7, 11) is 0. The van der Waals surface area contributed by atoms with Crippen molar-refractivity contribution in [1.29, 1.82) is 0 Å². The lowest BCUT2D eigenvalue weighted by Crippen LogP contribution is -2.28. The largest absolute Gasteiger partial charge is 0.298 e. The van der Waals surface area contributed by atoms with Crippen LogP contribution in [-0.4, -0.2) is 5.78 Å². The third-order valence-corrected chi connectivity index (χ3v) is 7.30. The molecule has 1 nitrogen and oxygen atoms in total. The van der Waals surface area contributed by atoms with Crippen LogP contribution < -0.4 is 0 Å². The number of Topliss-reactive ketones (excluding diaryl/α,β-unsaturated/α-hetero) is 1. The van der Waals surface area contributed by atoms with E-state index in [1.54, 1.807) is 0 Å². The molecule has 6 rings (SSSR count). The quantitative estimate of drug-likeness (QED) is 0.272. The lowest BCUT2D eigenvalue weighted by atomic mass is 9.74. The first-order valence-corrected chi connectivity index (χ1v) is 11.9. The molecule has 5 aromatic rings. The van der Waals surface area contributed by atoms with Crippen molar-refractivity contribution in [2.24, 2.45) is 5.92 Å². The van der Waals surface area contributed by atoms with Gasteiger partial charge in [0.1, 0.15) is 5.78 Å². The standard InChI is InChI=1S/C32H26O/c33-32(31(23-10-3-1-4-11-23)24-12-5-2-6-13-24)26-17-18-28-25(21-26)16-20-29-27-14-8-7-9-22(27)15-19-30(28)29/h1-16,19-20,26,31H,17-18,21H2. The van der Waals surface area contributed by atoms with Crippen LogP contribution in [0.5, 0.6) is 0 Å². The van der Waals surface area contributed by atoms with Crippen molar-refractivity contribution in [1.82, 2.24) is 0 Å². The van der Waals surface area contributed by atoms with E-state index in [0.29, 0.717) is 5.78 Å². The second-order valence-corrected chi connectivity index (χ2v) is 9.18. The highest BCUT2D eigenvalue weighted by molar-refractivity contribution is 6.08. The first kappa shape index (κ1) is 19.9. The van der Waals surface area contributed by atoms with Gasteiger partial charge in [0.05, 0.1) is 5.92 Å². The van der Waals surface area contributed by atoms with E-state index in [-0.39, 0.29) is 11.8 Å². The molecule has 0 N–H and O–H groups in total. The van der Waals surface area contributed by atoms with Crippen molar-refractivity contribution in [3.63, 3.8) is 0 Å². The number of benzene rings is 5. The minimum absolute atomic E-state index is 0.0424. The minimum atomic E-state index is -0.205. The summed E-state index contributed by atoms with van der Waals surface area (Å²) in [5.41, 5.74) is 4.94. The maximum Gasteiger partial charge on any atom is 0.148 e. The Kier molecular flexibility index (Phi) is 5.03. The fraction of sp³-hybridized carbons (Fsp3) is 0.156. The normalized spacial score (nSPS) is 15.6. The maximum atomic E-state index is 13.9. The third kappa shape index (κ3) is 3.54. The van der Waals surface area contributed by atoms with E-state index in [2.05, 4.69) is 72.8 Å². The van der Waals surface area contributed by atoms with Crippen molar-refractivity contribution in [3.8, 4) is 0 Å². The number of hydrogen-bond donors (Lipinski definition) is 0. The lowest BCUT2D eigenvalue weighted by molar-refractivity contribution is -0.123. The number of carbonyl (C=O) groups excluding carboxylic acids is 1. The van der Waals surface area contributed by atoms with Crippen molar-refractivity contribution in [2.45, 2.75) is 25.2 Å². The molecular formula is C32H26O. The van der Waals surface area contributed by atoms with Gasteiger partial charge in [0.15, 0.2) is 0 Å². The second-order valence-electron chi connectivity index (χ2n) is 9.18. The molecule has 0 amide bonds. The van der Waals surface area contributed by atoms with Crippen LogP contribution in [0.15, 0.2) is 109 Å². The molecule has 0 aliphatic heterocycles. The minimum Gasteiger partial charge on any atom is -0.298 e. The molecular weight excluding hydrogens is 400 g/mol. The van der Waals surface area contributed by atoms with E-state index in [4.69, 9.17) is 0 Å². The van der Waals surface area contributed by atoms with Crippen LogP contribution in [-0.2, 0) is 17.6 Å². The fourth-order valence-corrected chi connectivity index (χ4v) is 5.66. The number of ketones is 1. The molecule has 0 radical (unpaired) electrons. The molecule has 0 aromatic heterocycles. The van der Waals surface area contributed by atoms with Gasteiger partial charge in [-0.25, -0.2) is 0 Å². The van der Waals surface area contributed by atoms with Crippen LogP contribution in [0, 0.1) is 5.92 Å². The maximum absolute atomic E-state index is 13.9. The first-order chi connectivity index (χ1) is 16.3. The molecule has 33 heavy (non-hydrogen) atoms. The van der Waals surface area contributed by atoms with Gasteiger partial charge < -0.3 is 0 Å². The van der Waals surface area contributed by atoms with Crippen molar-refractivity contribution in [2.75, 3.05) is 0 Å². The molecule has 0 spiro atoms. The molecule has 0 fully saturated rings. The van der Waals surface area contributed by atoms with Gasteiger partial charge in [-0.3, -0.25) is 4.79 Å². The molecule has 5 aromatic carbocycles. The number of carbonyl (C=O) groups is 1. The average Bonchev–Trinajstić information content (AvgIpc) is 2.89. The third-order valence-electron chi connectivity index (χ3n) is 7.30. The van der Waals surface area contributed by atoms with Gasteiger partial charge >= 0.3 is 0 Å². The molecule has 160 valence electrons. The van der Waals surface area contributed by atoms with Gasteiger partial charge in [-0.15, -0.1) is 0 Å². The lowest BCUT2D eigenvalue weighted by Gasteiger charge is -2.28. The van der Waals surface area contributed by atoms with E-state index >= 15 is 0 Å². The number of fused-ring (bicyclic) bond motifs is 5. The summed E-state index contributed by atoms with van der Waals surface area (Å²) < 4.78 is 0. The molecule has 1 aliphatic carbocycles. The summed E-state index contributed by atoms with van der Waals surface area (Å²) in [4.78, 5) is 13.9. The molecule has 0 saturated heterocycles. The van der Waals surface area contributed by atoms with Crippen LogP contribution >= 0.6 is 0 Å². The Balaban J connectivity index is 1.37. The summed E-state index contributed by atoms with van der Waals surface area (Å²) in [6.07, 6.45) is 2.69. The van der Waals surface area contributed by atoms with Gasteiger partial charge in [-0.1, -0.05) is 109 Å². The Morgan fingerprint density at radius 1 is 0.636 bits per heavy atom. The summed E-state index contributed by atoms with van der Waals surface area (Å²) in [5.74, 6) is 0.181. The van der Waals surface area contributed by atoms with Gasteiger partial charge in [-0.2, -0.15) is 0 Å². The fourth-order valence-electron chi connectivity index (χ4n) is 5.66. The smallest absolute Gasteiger partial charge is 0.148 e. The number of hydrogen-bond acceptors (Lipinski definition) is 1. The topological polar surface area (TPSA) is 17.1 Å². The number of aryl methyl sites for hydroxylation is 1. The van der Waals surface area contributed by atoms with Gasteiger partial charge in [0, 0.05) is 5.92 Å². The van der Waals surface area contributed by atoms with Crippen LogP contribution in [0.25, 0.3) is 21.5 Å². The predicted molar refractivity (Wildman–Crippen MR) is 137 cm³/mol. The highest BCUT2D eigenvalue weighted by Gasteiger charge is 2.32. The Hall–Kier alpha value is -3.71. The SMILES string of the molecule is O=C(C1CCc2c(ccc3c2ccc2ccccc23)C1)C(c1ccccc1)c1ccccc1. The van der Waals surface area contributed by atoms with Gasteiger partial charge in [-0.05, 0) is 63.1 Å². The van der Waals surface area contributed by atoms with Crippen molar-refractivity contribution >= 4 is 27.3 Å². The Labute approximate surface area is 194 Å². The van der Waals surface area contributed by atoms with Crippen LogP contribution in [0.2, 0.25) is 0 Å². The molecule has 1 aliphatic rings. The molecule has 1 unspecified atom stereocenters. The van der Waals surface area contributed by atoms with E-state index in [1.807, 2.05) is 36.4 Å². The van der Waals surface area contributed by atoms with Crippen molar-refractivity contribution in [3.05, 3.63) is 131 Å². The van der Waals surface area contributed by atoms with Gasteiger partial charge in [0.25, 0.3) is 0 Å². The first-order valence-electron chi connectivity index (χ1n) is 11.9. The molecule has 0 heterocycles. The molecule has 0 bridgehead atoms. The Morgan fingerprint density at radius 3 is 2.00 bits per heavy atom. The van der Waals surface area contributed by atoms with E-state index in [0.717, 1.165) is 30.4 Å². The summed E-state index contributed by atoms with van der Waals surface area (Å²) in [5, 5.41) is 5.26. The van der Waals surface area contributed by atoms with E-state index < -0.39 is 0 Å². The monoisotopic (exact) mass is 426 g/mol. The molecule has 1 atom stereocenters. The van der Waals surface area contributed by atoms with Crippen molar-refractivity contribution < 1.29 is 4.79 Å². The van der Waals surface area contributed by atoms with E-state index in [1.165, 1.54) is 32.7 Å².